The SMILES string of the molecule is CNC(c1ccc(Cl)s1)c1c(C)c(C)cc(C)c1C. The van der Waals surface area contributed by atoms with Gasteiger partial charge in [-0.1, -0.05) is 17.7 Å². The second-order valence-corrected chi connectivity index (χ2v) is 6.78. The second-order valence-electron chi connectivity index (χ2n) is 5.04. The molecule has 1 atom stereocenters. The maximum atomic E-state index is 6.08. The first-order chi connectivity index (χ1) is 8.95. The molecule has 102 valence electrons. The van der Waals surface area contributed by atoms with Crippen LogP contribution in [0.4, 0.5) is 0 Å². The number of aryl methyl sites for hydroxylation is 2. The summed E-state index contributed by atoms with van der Waals surface area (Å²) in [7, 11) is 2.01. The first-order valence-electron chi connectivity index (χ1n) is 6.45. The van der Waals surface area contributed by atoms with Gasteiger partial charge in [0, 0.05) is 4.88 Å². The lowest BCUT2D eigenvalue weighted by Gasteiger charge is -2.23. The van der Waals surface area contributed by atoms with Crippen molar-refractivity contribution in [1.82, 2.24) is 5.32 Å². The lowest BCUT2D eigenvalue weighted by Crippen LogP contribution is -2.19. The Morgan fingerprint density at radius 2 is 1.63 bits per heavy atom. The molecule has 0 aliphatic heterocycles. The van der Waals surface area contributed by atoms with Crippen molar-refractivity contribution in [2.24, 2.45) is 0 Å². The molecule has 1 heterocycles. The molecule has 0 saturated heterocycles. The molecule has 1 aromatic heterocycles. The quantitative estimate of drug-likeness (QED) is 0.845. The van der Waals surface area contributed by atoms with Crippen molar-refractivity contribution in [3.63, 3.8) is 0 Å². The molecule has 1 aromatic carbocycles. The Morgan fingerprint density at radius 3 is 2.05 bits per heavy atom. The molecule has 1 nitrogen and oxygen atoms in total. The van der Waals surface area contributed by atoms with Crippen molar-refractivity contribution in [3.8, 4) is 0 Å². The van der Waals surface area contributed by atoms with Crippen LogP contribution in [0.25, 0.3) is 0 Å². The van der Waals surface area contributed by atoms with Crippen LogP contribution in [0.1, 0.15) is 38.7 Å². The average Bonchev–Trinajstić information content (AvgIpc) is 2.78. The van der Waals surface area contributed by atoms with Gasteiger partial charge >= 0.3 is 0 Å². The first-order valence-corrected chi connectivity index (χ1v) is 7.65. The highest BCUT2D eigenvalue weighted by molar-refractivity contribution is 7.16. The molecule has 0 bridgehead atoms. The number of nitrogens with one attached hydrogen (secondary N) is 1. The van der Waals surface area contributed by atoms with Gasteiger partial charge in [0.25, 0.3) is 0 Å². The fourth-order valence-electron chi connectivity index (χ4n) is 2.59. The Morgan fingerprint density at radius 1 is 1.05 bits per heavy atom. The Hall–Kier alpha value is -0.830. The standard InChI is InChI=1S/C16H20ClNS/c1-9-8-10(2)12(4)15(11(9)3)16(18-5)13-6-7-14(17)19-13/h6-8,16,18H,1-5H3. The van der Waals surface area contributed by atoms with Crippen molar-refractivity contribution in [3.05, 3.63) is 55.2 Å². The predicted octanol–water partition coefficient (Wildman–Crippen LogP) is 4.94. The molecule has 0 aliphatic rings. The van der Waals surface area contributed by atoms with Gasteiger partial charge in [-0.2, -0.15) is 0 Å². The minimum absolute atomic E-state index is 0.219. The van der Waals surface area contributed by atoms with Crippen molar-refractivity contribution < 1.29 is 0 Å². The third kappa shape index (κ3) is 2.71. The van der Waals surface area contributed by atoms with E-state index in [4.69, 9.17) is 11.6 Å². The molecule has 19 heavy (non-hydrogen) atoms. The van der Waals surface area contributed by atoms with E-state index >= 15 is 0 Å². The van der Waals surface area contributed by atoms with E-state index in [-0.39, 0.29) is 6.04 Å². The zero-order valence-electron chi connectivity index (χ0n) is 12.1. The number of hydrogen-bond donors (Lipinski definition) is 1. The highest BCUT2D eigenvalue weighted by Crippen LogP contribution is 2.35. The summed E-state index contributed by atoms with van der Waals surface area (Å²) >= 11 is 7.73. The van der Waals surface area contributed by atoms with Crippen LogP contribution in [-0.2, 0) is 0 Å². The van der Waals surface area contributed by atoms with Crippen LogP contribution < -0.4 is 5.32 Å². The Kier molecular flexibility index (Phi) is 4.34. The average molecular weight is 294 g/mol. The smallest absolute Gasteiger partial charge is 0.0931 e. The van der Waals surface area contributed by atoms with Crippen LogP contribution in [0.3, 0.4) is 0 Å². The minimum Gasteiger partial charge on any atom is -0.309 e. The summed E-state index contributed by atoms with van der Waals surface area (Å²) < 4.78 is 0.843. The molecule has 0 spiro atoms. The monoisotopic (exact) mass is 293 g/mol. The van der Waals surface area contributed by atoms with Gasteiger partial charge in [0.05, 0.1) is 10.4 Å². The summed E-state index contributed by atoms with van der Waals surface area (Å²) in [5, 5.41) is 3.44. The molecule has 1 unspecified atom stereocenters. The largest absolute Gasteiger partial charge is 0.309 e. The highest BCUT2D eigenvalue weighted by Gasteiger charge is 2.20. The predicted molar refractivity (Wildman–Crippen MR) is 85.6 cm³/mol. The minimum atomic E-state index is 0.219. The van der Waals surface area contributed by atoms with E-state index in [0.717, 1.165) is 4.34 Å². The molecule has 2 aromatic rings. The van der Waals surface area contributed by atoms with Gasteiger partial charge in [0.2, 0.25) is 0 Å². The summed E-state index contributed by atoms with van der Waals surface area (Å²) in [6.45, 7) is 8.77. The van der Waals surface area contributed by atoms with Gasteiger partial charge in [-0.25, -0.2) is 0 Å². The summed E-state index contributed by atoms with van der Waals surface area (Å²) in [6, 6.07) is 6.57. The first kappa shape index (κ1) is 14.6. The topological polar surface area (TPSA) is 12.0 Å². The zero-order chi connectivity index (χ0) is 14.2. The van der Waals surface area contributed by atoms with E-state index in [2.05, 4.69) is 45.1 Å². The van der Waals surface area contributed by atoms with Crippen LogP contribution in [0.5, 0.6) is 0 Å². The number of thiophene rings is 1. The van der Waals surface area contributed by atoms with Gasteiger partial charge in [0.1, 0.15) is 0 Å². The van der Waals surface area contributed by atoms with Crippen LogP contribution in [-0.4, -0.2) is 7.05 Å². The molecule has 2 rings (SSSR count). The molecule has 0 amide bonds. The number of hydrogen-bond acceptors (Lipinski definition) is 2. The normalized spacial score (nSPS) is 12.7. The van der Waals surface area contributed by atoms with Crippen molar-refractivity contribution in [2.75, 3.05) is 7.05 Å². The molecular weight excluding hydrogens is 274 g/mol. The third-order valence-corrected chi connectivity index (χ3v) is 5.18. The van der Waals surface area contributed by atoms with Gasteiger partial charge in [-0.15, -0.1) is 11.3 Å². The molecule has 0 aliphatic carbocycles. The van der Waals surface area contributed by atoms with Crippen LogP contribution in [0.15, 0.2) is 18.2 Å². The molecule has 1 N–H and O–H groups in total. The number of benzene rings is 1. The Labute approximate surface area is 124 Å². The summed E-state index contributed by atoms with van der Waals surface area (Å²) in [5.74, 6) is 0. The van der Waals surface area contributed by atoms with E-state index < -0.39 is 0 Å². The fraction of sp³-hybridized carbons (Fsp3) is 0.375. The zero-order valence-corrected chi connectivity index (χ0v) is 13.7. The third-order valence-electron chi connectivity index (χ3n) is 3.88. The van der Waals surface area contributed by atoms with Gasteiger partial charge < -0.3 is 5.32 Å². The van der Waals surface area contributed by atoms with E-state index in [1.165, 1.54) is 32.7 Å². The Bertz CT molecular complexity index is 575. The van der Waals surface area contributed by atoms with E-state index in [1.54, 1.807) is 11.3 Å². The Balaban J connectivity index is 2.61. The molecular formula is C16H20ClNS. The van der Waals surface area contributed by atoms with E-state index in [9.17, 15) is 0 Å². The van der Waals surface area contributed by atoms with Crippen molar-refractivity contribution >= 4 is 22.9 Å². The number of rotatable bonds is 3. The van der Waals surface area contributed by atoms with Gasteiger partial charge in [-0.05, 0) is 74.7 Å². The summed E-state index contributed by atoms with van der Waals surface area (Å²) in [5.41, 5.74) is 6.82. The molecule has 0 fully saturated rings. The maximum absolute atomic E-state index is 6.08. The van der Waals surface area contributed by atoms with Crippen molar-refractivity contribution in [2.45, 2.75) is 33.7 Å². The van der Waals surface area contributed by atoms with E-state index in [0.29, 0.717) is 0 Å². The van der Waals surface area contributed by atoms with E-state index in [1.807, 2.05) is 13.1 Å². The molecule has 3 heteroatoms. The fourth-order valence-corrected chi connectivity index (χ4v) is 3.77. The maximum Gasteiger partial charge on any atom is 0.0931 e. The second kappa shape index (κ2) is 5.66. The van der Waals surface area contributed by atoms with Gasteiger partial charge in [0.15, 0.2) is 0 Å². The molecule has 0 saturated carbocycles. The highest BCUT2D eigenvalue weighted by atomic mass is 35.5. The summed E-state index contributed by atoms with van der Waals surface area (Å²) in [6.07, 6.45) is 0. The van der Waals surface area contributed by atoms with Gasteiger partial charge in [-0.3, -0.25) is 0 Å². The lowest BCUT2D eigenvalue weighted by atomic mass is 9.89. The summed E-state index contributed by atoms with van der Waals surface area (Å²) in [4.78, 5) is 1.27. The van der Waals surface area contributed by atoms with Crippen LogP contribution >= 0.6 is 22.9 Å². The van der Waals surface area contributed by atoms with Crippen LogP contribution in [0.2, 0.25) is 4.34 Å². The number of halogens is 1. The lowest BCUT2D eigenvalue weighted by molar-refractivity contribution is 0.693. The van der Waals surface area contributed by atoms with Crippen molar-refractivity contribution in [1.29, 1.82) is 0 Å². The molecule has 0 radical (unpaired) electrons. The van der Waals surface area contributed by atoms with Crippen LogP contribution in [0, 0.1) is 27.7 Å².